The van der Waals surface area contributed by atoms with Crippen LogP contribution in [0.25, 0.3) is 0 Å². The minimum atomic E-state index is -0.762. The van der Waals surface area contributed by atoms with E-state index in [2.05, 4.69) is 41.5 Å². The highest BCUT2D eigenvalue weighted by atomic mass is 16.6. The maximum absolute atomic E-state index is 12.7. The molecule has 0 aromatic rings. The van der Waals surface area contributed by atoms with E-state index in [4.69, 9.17) is 14.2 Å². The second kappa shape index (κ2) is 40.6. The van der Waals surface area contributed by atoms with E-state index in [0.717, 1.165) is 75.5 Å². The van der Waals surface area contributed by atoms with Crippen molar-refractivity contribution in [1.82, 2.24) is 0 Å². The lowest BCUT2D eigenvalue weighted by molar-refractivity contribution is -0.167. The van der Waals surface area contributed by atoms with Crippen molar-refractivity contribution in [3.05, 3.63) is 0 Å². The molecule has 0 bridgehead atoms. The number of hydrogen-bond acceptors (Lipinski definition) is 6. The summed E-state index contributed by atoms with van der Waals surface area (Å²) in [6, 6.07) is 0. The highest BCUT2D eigenvalue weighted by Crippen LogP contribution is 2.18. The van der Waals surface area contributed by atoms with Gasteiger partial charge in [0.05, 0.1) is 0 Å². The van der Waals surface area contributed by atoms with Gasteiger partial charge < -0.3 is 14.2 Å². The van der Waals surface area contributed by atoms with Gasteiger partial charge in [-0.25, -0.2) is 0 Å². The van der Waals surface area contributed by atoms with Crippen molar-refractivity contribution in [1.29, 1.82) is 0 Å². The average molecular weight is 779 g/mol. The number of carbonyl (C=O) groups excluding carboxylic acids is 3. The molecular formula is C49H94O6. The molecule has 0 aromatic heterocycles. The van der Waals surface area contributed by atoms with E-state index >= 15 is 0 Å². The minimum Gasteiger partial charge on any atom is -0.462 e. The van der Waals surface area contributed by atoms with Crippen molar-refractivity contribution < 1.29 is 28.6 Å². The molecule has 0 radical (unpaired) electrons. The Labute approximate surface area is 342 Å². The third-order valence-electron chi connectivity index (χ3n) is 11.6. The Morgan fingerprint density at radius 3 is 0.945 bits per heavy atom. The molecule has 0 spiro atoms. The second-order valence-corrected chi connectivity index (χ2v) is 17.7. The summed E-state index contributed by atoms with van der Waals surface area (Å²) in [5, 5.41) is 0. The summed E-state index contributed by atoms with van der Waals surface area (Å²) in [5.74, 6) is 1.64. The van der Waals surface area contributed by atoms with Crippen LogP contribution in [0.3, 0.4) is 0 Å². The van der Waals surface area contributed by atoms with Gasteiger partial charge in [0.15, 0.2) is 6.10 Å². The van der Waals surface area contributed by atoms with Gasteiger partial charge in [-0.2, -0.15) is 0 Å². The molecule has 55 heavy (non-hydrogen) atoms. The number of esters is 3. The van der Waals surface area contributed by atoms with Crippen molar-refractivity contribution in [2.75, 3.05) is 13.2 Å². The Hall–Kier alpha value is -1.59. The summed E-state index contributed by atoms with van der Waals surface area (Å²) in [5.41, 5.74) is 0. The van der Waals surface area contributed by atoms with Gasteiger partial charge in [0, 0.05) is 19.3 Å². The first kappa shape index (κ1) is 53.4. The van der Waals surface area contributed by atoms with Crippen molar-refractivity contribution in [3.8, 4) is 0 Å². The van der Waals surface area contributed by atoms with Crippen LogP contribution in [0.1, 0.15) is 260 Å². The summed E-state index contributed by atoms with van der Waals surface area (Å²) in [6.07, 6.45) is 38.0. The fourth-order valence-electron chi connectivity index (χ4n) is 7.17. The van der Waals surface area contributed by atoms with Gasteiger partial charge in [0.25, 0.3) is 0 Å². The third kappa shape index (κ3) is 40.4. The lowest BCUT2D eigenvalue weighted by atomic mass is 9.99. The molecule has 0 N–H and O–H groups in total. The SMILES string of the molecule is CCC(C)CCCCCCCCCCCCC(=O)OC[C@H](COC(=O)CCCCCCCCC(C)C)OC(=O)CCCCCCCCCCCCC(C)CC. The van der Waals surface area contributed by atoms with Crippen LogP contribution in [0.4, 0.5) is 0 Å². The predicted molar refractivity (Wildman–Crippen MR) is 233 cm³/mol. The highest BCUT2D eigenvalue weighted by molar-refractivity contribution is 5.71. The Kier molecular flexibility index (Phi) is 39.4. The van der Waals surface area contributed by atoms with Gasteiger partial charge in [-0.1, -0.05) is 221 Å². The standard InChI is InChI=1S/C49H94O6/c1-7-44(5)36-30-24-17-13-9-11-15-19-26-32-38-47(50)53-41-46(42-54-48(51)39-33-27-22-21-23-29-35-43(3)4)55-49(52)40-34-28-20-16-12-10-14-18-25-31-37-45(6)8-2/h43-46H,7-42H2,1-6H3/t44?,45?,46-/m1/s1. The number of unbranched alkanes of at least 4 members (excludes halogenated alkanes) is 23. The Bertz CT molecular complexity index is 856. The van der Waals surface area contributed by atoms with Gasteiger partial charge in [0.2, 0.25) is 0 Å². The lowest BCUT2D eigenvalue weighted by Crippen LogP contribution is -2.30. The number of hydrogen-bond donors (Lipinski definition) is 0. The molecule has 0 saturated carbocycles. The third-order valence-corrected chi connectivity index (χ3v) is 11.6. The summed E-state index contributed by atoms with van der Waals surface area (Å²) in [4.78, 5) is 37.8. The van der Waals surface area contributed by atoms with E-state index in [9.17, 15) is 14.4 Å². The van der Waals surface area contributed by atoms with Crippen LogP contribution in [0.15, 0.2) is 0 Å². The Morgan fingerprint density at radius 1 is 0.364 bits per heavy atom. The molecule has 326 valence electrons. The van der Waals surface area contributed by atoms with Crippen LogP contribution in [0.5, 0.6) is 0 Å². The monoisotopic (exact) mass is 779 g/mol. The van der Waals surface area contributed by atoms with Crippen molar-refractivity contribution in [2.45, 2.75) is 266 Å². The zero-order chi connectivity index (χ0) is 40.6. The van der Waals surface area contributed by atoms with Crippen molar-refractivity contribution in [3.63, 3.8) is 0 Å². The van der Waals surface area contributed by atoms with Gasteiger partial charge in [-0.05, 0) is 37.0 Å². The van der Waals surface area contributed by atoms with E-state index in [0.29, 0.717) is 19.3 Å². The van der Waals surface area contributed by atoms with Crippen molar-refractivity contribution >= 4 is 17.9 Å². The van der Waals surface area contributed by atoms with Crippen LogP contribution in [0.2, 0.25) is 0 Å². The van der Waals surface area contributed by atoms with Gasteiger partial charge in [0.1, 0.15) is 13.2 Å². The van der Waals surface area contributed by atoms with Gasteiger partial charge >= 0.3 is 17.9 Å². The quantitative estimate of drug-likeness (QED) is 0.0349. The molecule has 0 aliphatic heterocycles. The predicted octanol–water partition coefficient (Wildman–Crippen LogP) is 15.2. The fourth-order valence-corrected chi connectivity index (χ4v) is 7.17. The van der Waals surface area contributed by atoms with Crippen LogP contribution in [0, 0.1) is 17.8 Å². The zero-order valence-electron chi connectivity index (χ0n) is 37.7. The number of ether oxygens (including phenoxy) is 3. The van der Waals surface area contributed by atoms with Gasteiger partial charge in [-0.15, -0.1) is 0 Å². The van der Waals surface area contributed by atoms with Crippen LogP contribution < -0.4 is 0 Å². The van der Waals surface area contributed by atoms with E-state index in [1.54, 1.807) is 0 Å². The molecule has 3 atom stereocenters. The molecule has 0 saturated heterocycles. The molecule has 6 nitrogen and oxygen atoms in total. The largest absolute Gasteiger partial charge is 0.462 e. The first-order valence-corrected chi connectivity index (χ1v) is 24.2. The molecule has 0 heterocycles. The molecule has 0 aliphatic carbocycles. The lowest BCUT2D eigenvalue weighted by Gasteiger charge is -2.18. The summed E-state index contributed by atoms with van der Waals surface area (Å²) in [7, 11) is 0. The zero-order valence-corrected chi connectivity index (χ0v) is 37.7. The summed E-state index contributed by atoms with van der Waals surface area (Å²) in [6.45, 7) is 13.7. The molecule has 6 heteroatoms. The molecule has 2 unspecified atom stereocenters. The summed E-state index contributed by atoms with van der Waals surface area (Å²) >= 11 is 0. The first-order chi connectivity index (χ1) is 26.7. The van der Waals surface area contributed by atoms with E-state index in [1.165, 1.54) is 141 Å². The average Bonchev–Trinajstić information content (AvgIpc) is 3.17. The van der Waals surface area contributed by atoms with Gasteiger partial charge in [-0.3, -0.25) is 14.4 Å². The highest BCUT2D eigenvalue weighted by Gasteiger charge is 2.19. The van der Waals surface area contributed by atoms with Crippen LogP contribution >= 0.6 is 0 Å². The van der Waals surface area contributed by atoms with Crippen LogP contribution in [-0.4, -0.2) is 37.2 Å². The topological polar surface area (TPSA) is 78.9 Å². The number of rotatable bonds is 42. The normalized spacial score (nSPS) is 13.1. The second-order valence-electron chi connectivity index (χ2n) is 17.7. The summed E-state index contributed by atoms with van der Waals surface area (Å²) < 4.78 is 16.7. The van der Waals surface area contributed by atoms with E-state index in [1.807, 2.05) is 0 Å². The fraction of sp³-hybridized carbons (Fsp3) is 0.939. The first-order valence-electron chi connectivity index (χ1n) is 24.2. The molecule has 0 amide bonds. The smallest absolute Gasteiger partial charge is 0.306 e. The molecular weight excluding hydrogens is 685 g/mol. The minimum absolute atomic E-state index is 0.0663. The Morgan fingerprint density at radius 2 is 0.636 bits per heavy atom. The molecule has 0 aliphatic rings. The maximum atomic E-state index is 12.7. The molecule has 0 rings (SSSR count). The molecule has 0 fully saturated rings. The van der Waals surface area contributed by atoms with E-state index < -0.39 is 6.10 Å². The van der Waals surface area contributed by atoms with Crippen molar-refractivity contribution in [2.24, 2.45) is 17.8 Å². The van der Waals surface area contributed by atoms with E-state index in [-0.39, 0.29) is 31.1 Å². The van der Waals surface area contributed by atoms with Crippen LogP contribution in [-0.2, 0) is 28.6 Å². The Balaban J connectivity index is 4.33. The number of carbonyl (C=O) groups is 3. The maximum Gasteiger partial charge on any atom is 0.306 e. The molecule has 0 aromatic carbocycles.